The molecule has 2 saturated carbocycles. The Kier molecular flexibility index (Phi) is 8.82. The quantitative estimate of drug-likeness (QED) is 0.222. The highest BCUT2D eigenvalue weighted by Crippen LogP contribution is 2.38. The Labute approximate surface area is 259 Å². The number of ketones is 2. The summed E-state index contributed by atoms with van der Waals surface area (Å²) in [5, 5.41) is 22.2. The van der Waals surface area contributed by atoms with E-state index in [0.717, 1.165) is 11.1 Å². The molecule has 3 aromatic rings. The van der Waals surface area contributed by atoms with Crippen LogP contribution in [0.25, 0.3) is 0 Å². The highest BCUT2D eigenvalue weighted by Gasteiger charge is 2.37. The fraction of sp³-hybridized carbons (Fsp3) is 0.316. The summed E-state index contributed by atoms with van der Waals surface area (Å²) < 4.78 is 0. The maximum atomic E-state index is 13.2. The van der Waals surface area contributed by atoms with Crippen molar-refractivity contribution in [2.45, 2.75) is 66.2 Å². The van der Waals surface area contributed by atoms with Crippen LogP contribution in [0.15, 0.2) is 118 Å². The van der Waals surface area contributed by atoms with Gasteiger partial charge in [0.15, 0.2) is 11.6 Å². The summed E-state index contributed by atoms with van der Waals surface area (Å²) in [6.45, 7) is 8.15. The van der Waals surface area contributed by atoms with Crippen molar-refractivity contribution in [3.8, 4) is 0 Å². The first kappa shape index (κ1) is 30.9. The number of aliphatic hydroxyl groups is 2. The summed E-state index contributed by atoms with van der Waals surface area (Å²) >= 11 is 0. The number of aliphatic imine (C=N–C) groups is 2. The minimum Gasteiger partial charge on any atom is -0.511 e. The van der Waals surface area contributed by atoms with Gasteiger partial charge in [0.05, 0.1) is 33.9 Å². The Morgan fingerprint density at radius 2 is 0.909 bits per heavy atom. The standard InChI is InChI=1S/C38H40N2O4/c1-37(2)21-29(35(33(43)23-37)31(41)19-25-11-7-5-8-12-25)39-27-15-17-28(18-16-27)40-30-22-38(3,4)24-34(44)36(30)32(42)20-26-13-9-6-10-14-26/h5-18,41-42H,19-24H2,1-4H3. The normalized spacial score (nSPS) is 22.3. The van der Waals surface area contributed by atoms with Crippen LogP contribution in [0.1, 0.15) is 64.5 Å². The Balaban J connectivity index is 1.47. The summed E-state index contributed by atoms with van der Waals surface area (Å²) in [4.78, 5) is 36.2. The first-order valence-electron chi connectivity index (χ1n) is 15.1. The van der Waals surface area contributed by atoms with E-state index in [2.05, 4.69) is 0 Å². The highest BCUT2D eigenvalue weighted by molar-refractivity contribution is 6.26. The third-order valence-electron chi connectivity index (χ3n) is 8.09. The predicted molar refractivity (Wildman–Crippen MR) is 176 cm³/mol. The smallest absolute Gasteiger partial charge is 0.168 e. The predicted octanol–water partition coefficient (Wildman–Crippen LogP) is 8.72. The number of benzene rings is 3. The molecule has 2 aliphatic rings. The van der Waals surface area contributed by atoms with Crippen LogP contribution >= 0.6 is 0 Å². The van der Waals surface area contributed by atoms with Crippen LogP contribution in [-0.2, 0) is 22.4 Å². The van der Waals surface area contributed by atoms with Crippen LogP contribution in [0.2, 0.25) is 0 Å². The van der Waals surface area contributed by atoms with Crippen molar-refractivity contribution in [3.05, 3.63) is 119 Å². The summed E-state index contributed by atoms with van der Waals surface area (Å²) in [5.41, 5.74) is 4.35. The van der Waals surface area contributed by atoms with Crippen molar-refractivity contribution in [1.29, 1.82) is 0 Å². The average molecular weight is 589 g/mol. The number of Topliss-reactive ketones (excluding diaryl/α,β-unsaturated/α-hetero) is 2. The van der Waals surface area contributed by atoms with Crippen molar-refractivity contribution in [2.75, 3.05) is 0 Å². The van der Waals surface area contributed by atoms with E-state index >= 15 is 0 Å². The van der Waals surface area contributed by atoms with Crippen LogP contribution in [0.4, 0.5) is 11.4 Å². The van der Waals surface area contributed by atoms with Gasteiger partial charge in [0.2, 0.25) is 0 Å². The van der Waals surface area contributed by atoms with Crippen LogP contribution < -0.4 is 0 Å². The van der Waals surface area contributed by atoms with Gasteiger partial charge < -0.3 is 10.2 Å². The van der Waals surface area contributed by atoms with Crippen molar-refractivity contribution < 1.29 is 19.8 Å². The molecule has 0 aliphatic heterocycles. The number of allylic oxidation sites excluding steroid dienone is 4. The molecular weight excluding hydrogens is 548 g/mol. The molecule has 0 radical (unpaired) electrons. The van der Waals surface area contributed by atoms with Crippen molar-refractivity contribution >= 4 is 34.4 Å². The fourth-order valence-corrected chi connectivity index (χ4v) is 6.09. The number of carbonyl (C=O) groups excluding carboxylic acids is 2. The van der Waals surface area contributed by atoms with Crippen molar-refractivity contribution in [2.24, 2.45) is 20.8 Å². The van der Waals surface area contributed by atoms with E-state index in [9.17, 15) is 19.8 Å². The van der Waals surface area contributed by atoms with E-state index in [1.165, 1.54) is 0 Å². The van der Waals surface area contributed by atoms with Gasteiger partial charge in [0, 0.05) is 25.7 Å². The minimum absolute atomic E-state index is 0.0395. The second kappa shape index (κ2) is 12.6. The highest BCUT2D eigenvalue weighted by atomic mass is 16.3. The van der Waals surface area contributed by atoms with Gasteiger partial charge in [-0.25, -0.2) is 0 Å². The van der Waals surface area contributed by atoms with Crippen LogP contribution in [-0.4, -0.2) is 33.2 Å². The van der Waals surface area contributed by atoms with Crippen LogP contribution in [0, 0.1) is 10.8 Å². The minimum atomic E-state index is -0.275. The van der Waals surface area contributed by atoms with E-state index in [4.69, 9.17) is 9.98 Å². The number of carbonyl (C=O) groups is 2. The lowest BCUT2D eigenvalue weighted by atomic mass is 9.73. The molecule has 0 amide bonds. The van der Waals surface area contributed by atoms with Gasteiger partial charge in [-0.3, -0.25) is 19.6 Å². The molecule has 6 nitrogen and oxygen atoms in total. The summed E-state index contributed by atoms with van der Waals surface area (Å²) in [7, 11) is 0. The number of rotatable bonds is 6. The zero-order valence-electron chi connectivity index (χ0n) is 25.9. The maximum absolute atomic E-state index is 13.2. The molecular formula is C38H40N2O4. The molecule has 0 heterocycles. The molecule has 0 aromatic heterocycles. The van der Waals surface area contributed by atoms with Crippen molar-refractivity contribution in [3.63, 3.8) is 0 Å². The first-order valence-corrected chi connectivity index (χ1v) is 15.1. The molecule has 0 bridgehead atoms. The lowest BCUT2D eigenvalue weighted by Gasteiger charge is -2.31. The third-order valence-corrected chi connectivity index (χ3v) is 8.09. The van der Waals surface area contributed by atoms with E-state index < -0.39 is 0 Å². The third kappa shape index (κ3) is 7.49. The van der Waals surface area contributed by atoms with Gasteiger partial charge in [0.1, 0.15) is 11.5 Å². The number of hydrogen-bond acceptors (Lipinski definition) is 6. The second-order valence-electron chi connectivity index (χ2n) is 13.5. The molecule has 0 saturated heterocycles. The summed E-state index contributed by atoms with van der Waals surface area (Å²) in [6.07, 6.45) is 2.34. The second-order valence-corrected chi connectivity index (χ2v) is 13.5. The lowest BCUT2D eigenvalue weighted by Crippen LogP contribution is -2.32. The van der Waals surface area contributed by atoms with Crippen LogP contribution in [0.3, 0.4) is 0 Å². The topological polar surface area (TPSA) is 99.3 Å². The number of hydrogen-bond donors (Lipinski definition) is 2. The molecule has 6 heteroatoms. The first-order chi connectivity index (χ1) is 20.9. The number of aliphatic hydroxyl groups excluding tert-OH is 2. The molecule has 0 unspecified atom stereocenters. The van der Waals surface area contributed by atoms with E-state index in [-0.39, 0.29) is 46.8 Å². The SMILES string of the molecule is CC1(C)CC(=O)C(=C(O)Cc2ccccc2)C(=Nc2ccc(N=C3CC(C)(C)CC(=O)C3=C(O)Cc3ccccc3)cc2)C1. The lowest BCUT2D eigenvalue weighted by molar-refractivity contribution is -0.118. The molecule has 5 rings (SSSR count). The van der Waals surface area contributed by atoms with E-state index in [1.54, 1.807) is 0 Å². The molecule has 2 N–H and O–H groups in total. The van der Waals surface area contributed by atoms with Gasteiger partial charge >= 0.3 is 0 Å². The van der Waals surface area contributed by atoms with Gasteiger partial charge in [0.25, 0.3) is 0 Å². The van der Waals surface area contributed by atoms with Crippen molar-refractivity contribution in [1.82, 2.24) is 0 Å². The van der Waals surface area contributed by atoms with Gasteiger partial charge in [-0.1, -0.05) is 88.4 Å². The van der Waals surface area contributed by atoms with Gasteiger partial charge in [-0.2, -0.15) is 0 Å². The maximum Gasteiger partial charge on any atom is 0.168 e. The fourth-order valence-electron chi connectivity index (χ4n) is 6.09. The molecule has 226 valence electrons. The van der Waals surface area contributed by atoms with E-state index in [1.807, 2.05) is 113 Å². The summed E-state index contributed by atoms with van der Waals surface area (Å²) in [6, 6.07) is 26.5. The average Bonchev–Trinajstić information content (AvgIpc) is 2.93. The van der Waals surface area contributed by atoms with Gasteiger partial charge in [-0.05, 0) is 59.1 Å². The monoisotopic (exact) mass is 588 g/mol. The zero-order chi connectivity index (χ0) is 31.5. The largest absolute Gasteiger partial charge is 0.511 e. The molecule has 0 spiro atoms. The number of nitrogens with zero attached hydrogens (tertiary/aromatic N) is 2. The molecule has 3 aromatic carbocycles. The van der Waals surface area contributed by atoms with E-state index in [0.29, 0.717) is 59.6 Å². The zero-order valence-corrected chi connectivity index (χ0v) is 25.9. The Morgan fingerprint density at radius 1 is 0.568 bits per heavy atom. The summed E-state index contributed by atoms with van der Waals surface area (Å²) in [5.74, 6) is -0.123. The van der Waals surface area contributed by atoms with Crippen LogP contribution in [0.5, 0.6) is 0 Å². The molecule has 2 fully saturated rings. The molecule has 2 aliphatic carbocycles. The molecule has 44 heavy (non-hydrogen) atoms. The Hall–Kier alpha value is -4.58. The molecule has 0 atom stereocenters. The Bertz CT molecular complexity index is 1550. The Morgan fingerprint density at radius 3 is 1.25 bits per heavy atom. The van der Waals surface area contributed by atoms with Gasteiger partial charge in [-0.15, -0.1) is 0 Å².